The lowest BCUT2D eigenvalue weighted by molar-refractivity contribution is 0.0596. The summed E-state index contributed by atoms with van der Waals surface area (Å²) < 4.78 is 10.1. The summed E-state index contributed by atoms with van der Waals surface area (Å²) in [5.74, 6) is 0.00530. The van der Waals surface area contributed by atoms with E-state index in [2.05, 4.69) is 10.1 Å². The molecule has 0 spiro atoms. The number of carbonyl (C=O) groups excluding carboxylic acids is 1. The van der Waals surface area contributed by atoms with E-state index in [9.17, 15) is 4.79 Å². The van der Waals surface area contributed by atoms with Crippen LogP contribution in [0.1, 0.15) is 10.4 Å². The summed E-state index contributed by atoms with van der Waals surface area (Å²) in [6.45, 7) is 1.15. The molecule has 0 aromatic heterocycles. The van der Waals surface area contributed by atoms with Crippen LogP contribution in [0.25, 0.3) is 0 Å². The Hall–Kier alpha value is -1.26. The second kappa shape index (κ2) is 6.35. The molecule has 0 aliphatic heterocycles. The second-order valence-corrected chi connectivity index (χ2v) is 3.52. The van der Waals surface area contributed by atoms with Gasteiger partial charge in [0.2, 0.25) is 0 Å². The van der Waals surface area contributed by atoms with Gasteiger partial charge < -0.3 is 14.8 Å². The minimum atomic E-state index is -0.434. The molecule has 0 heterocycles. The quantitative estimate of drug-likeness (QED) is 0.632. The smallest absolute Gasteiger partial charge is 0.341 e. The minimum Gasteiger partial charge on any atom is -0.491 e. The molecule has 0 saturated carbocycles. The van der Waals surface area contributed by atoms with Crippen molar-refractivity contribution in [3.63, 3.8) is 0 Å². The fraction of sp³-hybridized carbons (Fsp3) is 0.364. The minimum absolute atomic E-state index is 0.378. The van der Waals surface area contributed by atoms with Gasteiger partial charge in [0.15, 0.2) is 0 Å². The van der Waals surface area contributed by atoms with Gasteiger partial charge in [-0.25, -0.2) is 4.79 Å². The van der Waals surface area contributed by atoms with Crippen molar-refractivity contribution in [3.8, 4) is 5.75 Å². The first-order chi connectivity index (χ1) is 7.69. The average molecular weight is 244 g/mol. The van der Waals surface area contributed by atoms with Gasteiger partial charge in [-0.15, -0.1) is 0 Å². The summed E-state index contributed by atoms with van der Waals surface area (Å²) in [7, 11) is 3.15. The summed E-state index contributed by atoms with van der Waals surface area (Å²) in [6.07, 6.45) is 0. The lowest BCUT2D eigenvalue weighted by Gasteiger charge is -2.10. The molecule has 5 heteroatoms. The summed E-state index contributed by atoms with van der Waals surface area (Å²) >= 11 is 5.83. The van der Waals surface area contributed by atoms with Gasteiger partial charge in [-0.05, 0) is 25.2 Å². The number of hydrogen-bond acceptors (Lipinski definition) is 4. The number of ether oxygens (including phenoxy) is 2. The molecule has 0 aliphatic rings. The molecule has 1 aromatic carbocycles. The van der Waals surface area contributed by atoms with E-state index in [0.29, 0.717) is 29.5 Å². The van der Waals surface area contributed by atoms with Gasteiger partial charge in [-0.2, -0.15) is 0 Å². The van der Waals surface area contributed by atoms with Crippen LogP contribution in [0.2, 0.25) is 5.02 Å². The van der Waals surface area contributed by atoms with E-state index >= 15 is 0 Å². The monoisotopic (exact) mass is 243 g/mol. The number of nitrogens with one attached hydrogen (secondary N) is 1. The van der Waals surface area contributed by atoms with Crippen molar-refractivity contribution in [1.29, 1.82) is 0 Å². The van der Waals surface area contributed by atoms with E-state index in [-0.39, 0.29) is 0 Å². The molecule has 1 rings (SSSR count). The van der Waals surface area contributed by atoms with Crippen LogP contribution >= 0.6 is 11.6 Å². The third kappa shape index (κ3) is 3.40. The van der Waals surface area contributed by atoms with Gasteiger partial charge in [0, 0.05) is 11.6 Å². The van der Waals surface area contributed by atoms with Crippen molar-refractivity contribution in [3.05, 3.63) is 28.8 Å². The topological polar surface area (TPSA) is 47.6 Å². The Kier molecular flexibility index (Phi) is 5.08. The highest BCUT2D eigenvalue weighted by molar-refractivity contribution is 6.30. The van der Waals surface area contributed by atoms with Crippen molar-refractivity contribution in [2.45, 2.75) is 0 Å². The van der Waals surface area contributed by atoms with E-state index in [1.807, 2.05) is 7.05 Å². The molecule has 0 fully saturated rings. The van der Waals surface area contributed by atoms with Gasteiger partial charge in [0.05, 0.1) is 7.11 Å². The van der Waals surface area contributed by atoms with Crippen molar-refractivity contribution in [2.24, 2.45) is 0 Å². The molecule has 0 amide bonds. The van der Waals surface area contributed by atoms with Gasteiger partial charge in [0.1, 0.15) is 17.9 Å². The summed E-state index contributed by atoms with van der Waals surface area (Å²) in [4.78, 5) is 11.4. The largest absolute Gasteiger partial charge is 0.491 e. The molecule has 1 N–H and O–H groups in total. The Morgan fingerprint density at radius 1 is 1.50 bits per heavy atom. The number of hydrogen-bond donors (Lipinski definition) is 1. The predicted octanol–water partition coefficient (Wildman–Crippen LogP) is 1.72. The maximum Gasteiger partial charge on any atom is 0.341 e. The molecule has 0 bridgehead atoms. The van der Waals surface area contributed by atoms with E-state index in [4.69, 9.17) is 16.3 Å². The van der Waals surface area contributed by atoms with Crippen LogP contribution in [0.4, 0.5) is 0 Å². The Morgan fingerprint density at radius 3 is 2.88 bits per heavy atom. The normalized spacial score (nSPS) is 9.94. The molecule has 0 aliphatic carbocycles. The number of rotatable bonds is 5. The van der Waals surface area contributed by atoms with Crippen molar-refractivity contribution in [2.75, 3.05) is 27.3 Å². The van der Waals surface area contributed by atoms with Crippen LogP contribution in [0, 0.1) is 0 Å². The van der Waals surface area contributed by atoms with E-state index < -0.39 is 5.97 Å². The fourth-order valence-corrected chi connectivity index (χ4v) is 1.32. The van der Waals surface area contributed by atoms with Crippen LogP contribution < -0.4 is 10.1 Å². The number of halogens is 1. The molecular weight excluding hydrogens is 230 g/mol. The lowest BCUT2D eigenvalue weighted by atomic mass is 10.2. The van der Waals surface area contributed by atoms with Crippen LogP contribution in [0.3, 0.4) is 0 Å². The third-order valence-corrected chi connectivity index (χ3v) is 2.19. The Morgan fingerprint density at radius 2 is 2.25 bits per heavy atom. The second-order valence-electron chi connectivity index (χ2n) is 3.08. The fourth-order valence-electron chi connectivity index (χ4n) is 1.16. The molecule has 0 radical (unpaired) electrons. The highest BCUT2D eigenvalue weighted by atomic mass is 35.5. The summed E-state index contributed by atoms with van der Waals surface area (Å²) in [5.41, 5.74) is 0.378. The maximum absolute atomic E-state index is 11.4. The van der Waals surface area contributed by atoms with E-state index in [0.717, 1.165) is 0 Å². The first-order valence-electron chi connectivity index (χ1n) is 4.84. The third-order valence-electron chi connectivity index (χ3n) is 1.96. The van der Waals surface area contributed by atoms with E-state index in [1.54, 1.807) is 18.2 Å². The van der Waals surface area contributed by atoms with Crippen LogP contribution in [0.15, 0.2) is 18.2 Å². The molecule has 1 aromatic rings. The van der Waals surface area contributed by atoms with Crippen LogP contribution in [0.5, 0.6) is 5.75 Å². The van der Waals surface area contributed by atoms with Gasteiger partial charge in [0.25, 0.3) is 0 Å². The van der Waals surface area contributed by atoms with Gasteiger partial charge in [-0.3, -0.25) is 0 Å². The Labute approximate surface area is 99.5 Å². The molecule has 0 unspecified atom stereocenters. The Bertz CT molecular complexity index is 368. The zero-order chi connectivity index (χ0) is 12.0. The molecule has 88 valence electrons. The summed E-state index contributed by atoms with van der Waals surface area (Å²) in [5, 5.41) is 3.46. The molecule has 0 atom stereocenters. The number of benzene rings is 1. The number of esters is 1. The Balaban J connectivity index is 2.85. The van der Waals surface area contributed by atoms with Crippen molar-refractivity contribution < 1.29 is 14.3 Å². The zero-order valence-corrected chi connectivity index (χ0v) is 10.0. The van der Waals surface area contributed by atoms with Crippen LogP contribution in [-0.2, 0) is 4.74 Å². The number of carbonyl (C=O) groups is 1. The molecular formula is C11H14ClNO3. The van der Waals surface area contributed by atoms with Gasteiger partial charge >= 0.3 is 5.97 Å². The average Bonchev–Trinajstić information content (AvgIpc) is 2.29. The highest BCUT2D eigenvalue weighted by Gasteiger charge is 2.13. The first-order valence-corrected chi connectivity index (χ1v) is 5.22. The lowest BCUT2D eigenvalue weighted by Crippen LogP contribution is -2.17. The van der Waals surface area contributed by atoms with Gasteiger partial charge in [-0.1, -0.05) is 11.6 Å². The first kappa shape index (κ1) is 12.8. The molecule has 16 heavy (non-hydrogen) atoms. The molecule has 4 nitrogen and oxygen atoms in total. The summed E-state index contributed by atoms with van der Waals surface area (Å²) in [6, 6.07) is 4.81. The zero-order valence-electron chi connectivity index (χ0n) is 9.25. The SMILES string of the molecule is CNCCOc1cc(Cl)ccc1C(=O)OC. The standard InChI is InChI=1S/C11H14ClNO3/c1-13-5-6-16-10-7-8(12)3-4-9(10)11(14)15-2/h3-4,7,13H,5-6H2,1-2H3. The maximum atomic E-state index is 11.4. The van der Waals surface area contributed by atoms with Crippen molar-refractivity contribution in [1.82, 2.24) is 5.32 Å². The highest BCUT2D eigenvalue weighted by Crippen LogP contribution is 2.23. The van der Waals surface area contributed by atoms with Crippen molar-refractivity contribution >= 4 is 17.6 Å². The number of likely N-dealkylation sites (N-methyl/N-ethyl adjacent to an activating group) is 1. The molecule has 0 saturated heterocycles. The number of methoxy groups -OCH3 is 1. The predicted molar refractivity (Wildman–Crippen MR) is 62.2 cm³/mol. The van der Waals surface area contributed by atoms with E-state index in [1.165, 1.54) is 7.11 Å². The van der Waals surface area contributed by atoms with Crippen LogP contribution in [-0.4, -0.2) is 33.3 Å².